The van der Waals surface area contributed by atoms with Crippen LogP contribution in [0.25, 0.3) is 10.9 Å². The summed E-state index contributed by atoms with van der Waals surface area (Å²) in [6, 6.07) is 21.9. The number of hydrogen-bond donors (Lipinski definition) is 0. The predicted octanol–water partition coefficient (Wildman–Crippen LogP) is 7.49. The normalized spacial score (nSPS) is 11.5. The van der Waals surface area contributed by atoms with E-state index in [4.69, 9.17) is 27.9 Å². The van der Waals surface area contributed by atoms with Crippen molar-refractivity contribution in [2.24, 2.45) is 0 Å². The van der Waals surface area contributed by atoms with Gasteiger partial charge in [0.05, 0.1) is 5.52 Å². The molecule has 0 atom stereocenters. The minimum absolute atomic E-state index is 0.00122. The van der Waals surface area contributed by atoms with Crippen molar-refractivity contribution < 1.29 is 14.3 Å². The molecule has 1 aromatic heterocycles. The Morgan fingerprint density at radius 2 is 1.63 bits per heavy atom. The van der Waals surface area contributed by atoms with Gasteiger partial charge < -0.3 is 9.04 Å². The second-order valence-corrected chi connectivity index (χ2v) is 10.9. The first-order valence-corrected chi connectivity index (χ1v) is 12.5. The quantitative estimate of drug-likeness (QED) is 0.192. The predicted molar refractivity (Wildman–Crippen MR) is 144 cm³/mol. The van der Waals surface area contributed by atoms with Crippen LogP contribution in [0.2, 0.25) is 10.0 Å². The number of nitrogens with zero attached hydrogens (tertiary/aromatic N) is 2. The van der Waals surface area contributed by atoms with Crippen molar-refractivity contribution in [3.63, 3.8) is 0 Å². The summed E-state index contributed by atoms with van der Waals surface area (Å²) in [7, 11) is 0. The average molecular weight is 527 g/mol. The maximum atomic E-state index is 13.0. The van der Waals surface area contributed by atoms with E-state index < -0.39 is 5.60 Å². The first-order chi connectivity index (χ1) is 16.6. The molecule has 0 N–H and O–H groups in total. The first-order valence-electron chi connectivity index (χ1n) is 10.9. The Hall–Kier alpha value is -2.93. The zero-order valence-corrected chi connectivity index (χ0v) is 21.8. The van der Waals surface area contributed by atoms with Gasteiger partial charge in [-0.15, -0.1) is 0 Å². The van der Waals surface area contributed by atoms with Gasteiger partial charge in [0.1, 0.15) is 12.1 Å². The minimum atomic E-state index is -0.605. The Bertz CT molecular complexity index is 1360. The van der Waals surface area contributed by atoms with Crippen molar-refractivity contribution in [1.29, 1.82) is 0 Å². The molecule has 5 nitrogen and oxygen atoms in total. The van der Waals surface area contributed by atoms with Crippen LogP contribution < -0.4 is 4.31 Å². The fourth-order valence-electron chi connectivity index (χ4n) is 3.56. The highest BCUT2D eigenvalue weighted by atomic mass is 35.5. The van der Waals surface area contributed by atoms with Gasteiger partial charge in [0.25, 0.3) is 5.91 Å². The Labute approximate surface area is 218 Å². The molecule has 0 saturated heterocycles. The van der Waals surface area contributed by atoms with E-state index in [1.54, 1.807) is 41.1 Å². The molecule has 0 aliphatic rings. The number of carbonyl (C=O) groups is 2. The molecule has 8 heteroatoms. The van der Waals surface area contributed by atoms with Crippen LogP contribution in [0.15, 0.2) is 83.9 Å². The largest absolute Gasteiger partial charge is 0.459 e. The third kappa shape index (κ3) is 6.40. The number of anilines is 1. The van der Waals surface area contributed by atoms with Crippen LogP contribution in [0.5, 0.6) is 0 Å². The Morgan fingerprint density at radius 1 is 0.943 bits per heavy atom. The number of ether oxygens (including phenoxy) is 1. The molecule has 4 aromatic rings. The molecule has 0 fully saturated rings. The molecule has 0 bridgehead atoms. The number of halogens is 2. The van der Waals surface area contributed by atoms with Crippen molar-refractivity contribution in [2.45, 2.75) is 31.3 Å². The fraction of sp³-hybridized carbons (Fsp3) is 0.185. The molecule has 3 aromatic carbocycles. The lowest BCUT2D eigenvalue weighted by Crippen LogP contribution is -2.31. The van der Waals surface area contributed by atoms with Gasteiger partial charge in [-0.05, 0) is 87.3 Å². The van der Waals surface area contributed by atoms with Crippen LogP contribution in [0, 0.1) is 0 Å². The Kier molecular flexibility index (Phi) is 7.45. The fourth-order valence-corrected chi connectivity index (χ4v) is 5.22. The SMILES string of the molecule is CC(C)(C)OC(=O)CN(Sc1cc(Cl)cc(Cl)c1)c1ccc2c(ccn2C(=O)c2ccccc2)c1. The van der Waals surface area contributed by atoms with Gasteiger partial charge in [-0.2, -0.15) is 0 Å². The molecular weight excluding hydrogens is 503 g/mol. The summed E-state index contributed by atoms with van der Waals surface area (Å²) in [6.07, 6.45) is 1.76. The van der Waals surface area contributed by atoms with Crippen molar-refractivity contribution in [3.05, 3.63) is 94.6 Å². The molecule has 0 spiro atoms. The molecule has 0 aliphatic carbocycles. The zero-order chi connectivity index (χ0) is 25.2. The van der Waals surface area contributed by atoms with Crippen molar-refractivity contribution in [3.8, 4) is 0 Å². The molecule has 0 aliphatic heterocycles. The van der Waals surface area contributed by atoms with Crippen LogP contribution in [-0.2, 0) is 9.53 Å². The van der Waals surface area contributed by atoms with E-state index in [1.807, 2.05) is 67.5 Å². The first kappa shape index (κ1) is 25.2. The van der Waals surface area contributed by atoms with Crippen LogP contribution >= 0.6 is 35.1 Å². The van der Waals surface area contributed by atoms with Gasteiger partial charge in [-0.25, -0.2) is 0 Å². The highest BCUT2D eigenvalue weighted by Gasteiger charge is 2.21. The molecular formula is C27H24Cl2N2O3S. The van der Waals surface area contributed by atoms with Gasteiger partial charge in [0.2, 0.25) is 0 Å². The highest BCUT2D eigenvalue weighted by molar-refractivity contribution is 8.00. The number of benzene rings is 3. The third-order valence-corrected chi connectivity index (χ3v) is 6.39. The molecule has 180 valence electrons. The van der Waals surface area contributed by atoms with Gasteiger partial charge in [0.15, 0.2) is 0 Å². The number of esters is 1. The number of fused-ring (bicyclic) bond motifs is 1. The second-order valence-electron chi connectivity index (χ2n) is 8.92. The van der Waals surface area contributed by atoms with E-state index in [2.05, 4.69) is 0 Å². The van der Waals surface area contributed by atoms with E-state index in [1.165, 1.54) is 11.9 Å². The summed E-state index contributed by atoms with van der Waals surface area (Å²) >= 11 is 13.7. The number of hydrogen-bond acceptors (Lipinski definition) is 5. The molecule has 0 unspecified atom stereocenters. The smallest absolute Gasteiger partial charge is 0.327 e. The van der Waals surface area contributed by atoms with Crippen LogP contribution in [0.4, 0.5) is 5.69 Å². The molecule has 0 amide bonds. The molecule has 0 saturated carbocycles. The topological polar surface area (TPSA) is 51.5 Å². The van der Waals surface area contributed by atoms with Crippen LogP contribution in [0.3, 0.4) is 0 Å². The molecule has 35 heavy (non-hydrogen) atoms. The second kappa shape index (κ2) is 10.4. The Morgan fingerprint density at radius 3 is 2.29 bits per heavy atom. The van der Waals surface area contributed by atoms with Gasteiger partial charge >= 0.3 is 5.97 Å². The Balaban J connectivity index is 1.67. The summed E-state index contributed by atoms with van der Waals surface area (Å²) in [5, 5.41) is 1.87. The number of rotatable bonds is 6. The lowest BCUT2D eigenvalue weighted by Gasteiger charge is -2.26. The molecule has 4 rings (SSSR count). The van der Waals surface area contributed by atoms with Crippen molar-refractivity contribution >= 4 is 63.6 Å². The van der Waals surface area contributed by atoms with Crippen LogP contribution in [0.1, 0.15) is 31.1 Å². The van der Waals surface area contributed by atoms with Gasteiger partial charge in [-0.3, -0.25) is 14.2 Å². The van der Waals surface area contributed by atoms with Crippen molar-refractivity contribution in [2.75, 3.05) is 10.8 Å². The third-order valence-electron chi connectivity index (χ3n) is 4.95. The lowest BCUT2D eigenvalue weighted by atomic mass is 10.2. The molecule has 1 heterocycles. The van der Waals surface area contributed by atoms with Crippen molar-refractivity contribution in [1.82, 2.24) is 4.57 Å². The number of carbonyl (C=O) groups excluding carboxylic acids is 2. The average Bonchev–Trinajstić information content (AvgIpc) is 3.20. The maximum absolute atomic E-state index is 13.0. The maximum Gasteiger partial charge on any atom is 0.327 e. The van der Waals surface area contributed by atoms with E-state index in [9.17, 15) is 9.59 Å². The highest BCUT2D eigenvalue weighted by Crippen LogP contribution is 2.34. The van der Waals surface area contributed by atoms with E-state index >= 15 is 0 Å². The van der Waals surface area contributed by atoms with Crippen LogP contribution in [-0.4, -0.2) is 28.6 Å². The summed E-state index contributed by atoms with van der Waals surface area (Å²) in [4.78, 5) is 26.5. The van der Waals surface area contributed by atoms with Gasteiger partial charge in [-0.1, -0.05) is 41.4 Å². The van der Waals surface area contributed by atoms with E-state index in [0.29, 0.717) is 15.6 Å². The summed E-state index contributed by atoms with van der Waals surface area (Å²) in [5.41, 5.74) is 1.55. The minimum Gasteiger partial charge on any atom is -0.459 e. The standard InChI is InChI=1S/C27H24Cl2N2O3S/c1-27(2,3)34-25(32)17-31(35-23-15-20(28)14-21(29)16-23)22-9-10-24-19(13-22)11-12-30(24)26(33)18-7-5-4-6-8-18/h4-16H,17H2,1-3H3. The van der Waals surface area contributed by atoms with E-state index in [-0.39, 0.29) is 18.4 Å². The zero-order valence-electron chi connectivity index (χ0n) is 19.5. The monoisotopic (exact) mass is 526 g/mol. The van der Waals surface area contributed by atoms with E-state index in [0.717, 1.165) is 21.5 Å². The number of aromatic nitrogens is 1. The lowest BCUT2D eigenvalue weighted by molar-refractivity contribution is -0.152. The summed E-state index contributed by atoms with van der Waals surface area (Å²) in [6.45, 7) is 5.49. The summed E-state index contributed by atoms with van der Waals surface area (Å²) < 4.78 is 9.00. The van der Waals surface area contributed by atoms with Gasteiger partial charge in [0, 0.05) is 37.8 Å². The molecule has 0 radical (unpaired) electrons. The summed E-state index contributed by atoms with van der Waals surface area (Å²) in [5.74, 6) is -0.475.